The molecule has 2 nitrogen and oxygen atoms in total. The Morgan fingerprint density at radius 2 is 0.900 bits per heavy atom. The van der Waals surface area contributed by atoms with Gasteiger partial charge in [0.05, 0.1) is 5.69 Å². The number of rotatable bonds is 6. The molecule has 0 atom stereocenters. The van der Waals surface area contributed by atoms with Crippen LogP contribution in [0.15, 0.2) is 164 Å². The van der Waals surface area contributed by atoms with Gasteiger partial charge in [-0.15, -0.1) is 0 Å². The number of hydrogen-bond acceptors (Lipinski definition) is 2. The molecule has 0 aliphatic rings. The lowest BCUT2D eigenvalue weighted by atomic mass is 9.98. The van der Waals surface area contributed by atoms with Gasteiger partial charge < -0.3 is 10.2 Å². The predicted octanol–water partition coefficient (Wildman–Crippen LogP) is 10.9. The van der Waals surface area contributed by atoms with Crippen LogP contribution >= 0.6 is 0 Å². The SMILES string of the molecule is c1ccc(N(c2ccc(Nc3ccc(-c4cccc5ccccc45)cc3)cc2)c2cccc3ccccc23)cc1. The highest BCUT2D eigenvalue weighted by molar-refractivity contribution is 5.99. The highest BCUT2D eigenvalue weighted by Gasteiger charge is 2.15. The molecule has 0 radical (unpaired) electrons. The molecule has 40 heavy (non-hydrogen) atoms. The molecule has 0 aliphatic carbocycles. The summed E-state index contributed by atoms with van der Waals surface area (Å²) < 4.78 is 0. The first kappa shape index (κ1) is 23.8. The molecule has 0 heterocycles. The number of hydrogen-bond donors (Lipinski definition) is 1. The van der Waals surface area contributed by atoms with E-state index in [-0.39, 0.29) is 0 Å². The van der Waals surface area contributed by atoms with E-state index in [0.717, 1.165) is 28.4 Å². The number of benzene rings is 7. The molecule has 190 valence electrons. The monoisotopic (exact) mass is 512 g/mol. The Labute approximate surface area is 234 Å². The van der Waals surface area contributed by atoms with Crippen molar-refractivity contribution in [3.8, 4) is 11.1 Å². The van der Waals surface area contributed by atoms with Crippen molar-refractivity contribution in [2.45, 2.75) is 0 Å². The quantitative estimate of drug-likeness (QED) is 0.238. The molecule has 0 amide bonds. The number of nitrogens with one attached hydrogen (secondary N) is 1. The second-order valence-corrected chi connectivity index (χ2v) is 9.95. The van der Waals surface area contributed by atoms with Gasteiger partial charge in [0.25, 0.3) is 0 Å². The maximum atomic E-state index is 3.58. The second kappa shape index (κ2) is 10.4. The smallest absolute Gasteiger partial charge is 0.0540 e. The summed E-state index contributed by atoms with van der Waals surface area (Å²) in [5, 5.41) is 8.56. The Morgan fingerprint density at radius 3 is 1.62 bits per heavy atom. The van der Waals surface area contributed by atoms with E-state index in [1.807, 2.05) is 0 Å². The van der Waals surface area contributed by atoms with E-state index >= 15 is 0 Å². The molecule has 1 N–H and O–H groups in total. The van der Waals surface area contributed by atoms with E-state index in [1.165, 1.54) is 32.7 Å². The zero-order chi connectivity index (χ0) is 26.7. The average molecular weight is 513 g/mol. The van der Waals surface area contributed by atoms with E-state index in [1.54, 1.807) is 0 Å². The van der Waals surface area contributed by atoms with Crippen molar-refractivity contribution in [2.24, 2.45) is 0 Å². The summed E-state index contributed by atoms with van der Waals surface area (Å²) in [5.41, 5.74) is 7.98. The van der Waals surface area contributed by atoms with Crippen LogP contribution in [0.25, 0.3) is 32.7 Å². The third-order valence-corrected chi connectivity index (χ3v) is 7.42. The van der Waals surface area contributed by atoms with Gasteiger partial charge in [-0.05, 0) is 81.9 Å². The standard InChI is InChI=1S/C38H28N2/c1-2-14-33(15-3-1)40(38-19-9-13-29-11-5-7-17-37(29)38)34-26-24-32(25-27-34)39-31-22-20-30(21-23-31)36-18-8-12-28-10-4-6-16-35(28)36/h1-27,39H. The lowest BCUT2D eigenvalue weighted by molar-refractivity contribution is 1.30. The summed E-state index contributed by atoms with van der Waals surface area (Å²) in [4.78, 5) is 2.32. The van der Waals surface area contributed by atoms with E-state index < -0.39 is 0 Å². The third kappa shape index (κ3) is 4.57. The van der Waals surface area contributed by atoms with Gasteiger partial charge in [0.2, 0.25) is 0 Å². The van der Waals surface area contributed by atoms with Gasteiger partial charge in [0.15, 0.2) is 0 Å². The van der Waals surface area contributed by atoms with Gasteiger partial charge in [-0.25, -0.2) is 0 Å². The molecule has 0 saturated carbocycles. The number of nitrogens with zero attached hydrogens (tertiary/aromatic N) is 1. The molecule has 0 fully saturated rings. The maximum absolute atomic E-state index is 3.58. The van der Waals surface area contributed by atoms with Crippen molar-refractivity contribution >= 4 is 50.0 Å². The molecule has 2 heteroatoms. The predicted molar refractivity (Wildman–Crippen MR) is 171 cm³/mol. The first-order valence-corrected chi connectivity index (χ1v) is 13.6. The lowest BCUT2D eigenvalue weighted by Crippen LogP contribution is -2.10. The van der Waals surface area contributed by atoms with Crippen molar-refractivity contribution < 1.29 is 0 Å². The van der Waals surface area contributed by atoms with E-state index in [9.17, 15) is 0 Å². The summed E-state index contributed by atoms with van der Waals surface area (Å²) in [7, 11) is 0. The van der Waals surface area contributed by atoms with Crippen LogP contribution in [-0.4, -0.2) is 0 Å². The normalized spacial score (nSPS) is 11.0. The van der Waals surface area contributed by atoms with Crippen molar-refractivity contribution in [3.63, 3.8) is 0 Å². The lowest BCUT2D eigenvalue weighted by Gasteiger charge is -2.27. The van der Waals surface area contributed by atoms with Crippen LogP contribution in [0.1, 0.15) is 0 Å². The summed E-state index contributed by atoms with van der Waals surface area (Å²) in [5.74, 6) is 0. The van der Waals surface area contributed by atoms with Crippen molar-refractivity contribution in [1.82, 2.24) is 0 Å². The zero-order valence-corrected chi connectivity index (χ0v) is 22.0. The minimum absolute atomic E-state index is 1.05. The first-order valence-electron chi connectivity index (χ1n) is 13.6. The second-order valence-electron chi connectivity index (χ2n) is 9.95. The van der Waals surface area contributed by atoms with Crippen LogP contribution in [0.5, 0.6) is 0 Å². The van der Waals surface area contributed by atoms with Crippen molar-refractivity contribution in [1.29, 1.82) is 0 Å². The Morgan fingerprint density at radius 1 is 0.375 bits per heavy atom. The van der Waals surface area contributed by atoms with Gasteiger partial charge in [-0.1, -0.05) is 109 Å². The van der Waals surface area contributed by atoms with E-state index in [4.69, 9.17) is 0 Å². The summed E-state index contributed by atoms with van der Waals surface area (Å²) in [6.07, 6.45) is 0. The van der Waals surface area contributed by atoms with Gasteiger partial charge in [-0.3, -0.25) is 0 Å². The first-order chi connectivity index (χ1) is 19.8. The number of fused-ring (bicyclic) bond motifs is 2. The molecule has 0 saturated heterocycles. The Hall–Kier alpha value is -5.34. The molecular weight excluding hydrogens is 484 g/mol. The van der Waals surface area contributed by atoms with Crippen LogP contribution in [-0.2, 0) is 0 Å². The fraction of sp³-hybridized carbons (Fsp3) is 0. The third-order valence-electron chi connectivity index (χ3n) is 7.42. The van der Waals surface area contributed by atoms with Crippen LogP contribution in [0, 0.1) is 0 Å². The van der Waals surface area contributed by atoms with Gasteiger partial charge in [0.1, 0.15) is 0 Å². The van der Waals surface area contributed by atoms with Gasteiger partial charge in [-0.2, -0.15) is 0 Å². The molecule has 0 aliphatic heterocycles. The minimum atomic E-state index is 1.05. The minimum Gasteiger partial charge on any atom is -0.356 e. The average Bonchev–Trinajstić information content (AvgIpc) is 3.03. The van der Waals surface area contributed by atoms with Crippen LogP contribution in [0.2, 0.25) is 0 Å². The van der Waals surface area contributed by atoms with Gasteiger partial charge in [0, 0.05) is 28.1 Å². The molecule has 0 unspecified atom stereocenters. The highest BCUT2D eigenvalue weighted by atomic mass is 15.1. The van der Waals surface area contributed by atoms with Crippen LogP contribution in [0.4, 0.5) is 28.4 Å². The Bertz CT molecular complexity index is 1900. The summed E-state index contributed by atoms with van der Waals surface area (Å²) >= 11 is 0. The topological polar surface area (TPSA) is 15.3 Å². The maximum Gasteiger partial charge on any atom is 0.0540 e. The van der Waals surface area contributed by atoms with Crippen molar-refractivity contribution in [3.05, 3.63) is 164 Å². The number of para-hydroxylation sites is 1. The van der Waals surface area contributed by atoms with Crippen LogP contribution < -0.4 is 10.2 Å². The highest BCUT2D eigenvalue weighted by Crippen LogP contribution is 2.39. The van der Waals surface area contributed by atoms with E-state index in [2.05, 4.69) is 174 Å². The van der Waals surface area contributed by atoms with E-state index in [0.29, 0.717) is 0 Å². The van der Waals surface area contributed by atoms with Crippen LogP contribution in [0.3, 0.4) is 0 Å². The number of anilines is 5. The molecular formula is C38H28N2. The Kier molecular flexibility index (Phi) is 6.20. The Balaban J connectivity index is 1.18. The summed E-state index contributed by atoms with van der Waals surface area (Å²) in [6.45, 7) is 0. The fourth-order valence-corrected chi connectivity index (χ4v) is 5.48. The molecule has 7 rings (SSSR count). The van der Waals surface area contributed by atoms with Gasteiger partial charge >= 0.3 is 0 Å². The molecule has 7 aromatic carbocycles. The molecule has 0 spiro atoms. The fourth-order valence-electron chi connectivity index (χ4n) is 5.48. The van der Waals surface area contributed by atoms with Crippen molar-refractivity contribution in [2.75, 3.05) is 10.2 Å². The molecule has 7 aromatic rings. The largest absolute Gasteiger partial charge is 0.356 e. The molecule has 0 bridgehead atoms. The summed E-state index contributed by atoms with van der Waals surface area (Å²) in [6, 6.07) is 58.0. The zero-order valence-electron chi connectivity index (χ0n) is 22.0. The molecule has 0 aromatic heterocycles.